The van der Waals surface area contributed by atoms with Crippen LogP contribution < -0.4 is 5.32 Å². The standard InChI is InChI=1S/C20H20Cl2N2O.CH4O/c1-11-5-7-14(8-6-11)13(3)23-20(25)17-10-15-16(24(17)4)9-12(2)18(21)19(15)22;1-2/h5-10,13H,1-4H3,(H,23,25);2H,1H3/t13-;/m1./s1. The lowest BCUT2D eigenvalue weighted by molar-refractivity contribution is 0.0932. The highest BCUT2D eigenvalue weighted by Crippen LogP contribution is 2.35. The Morgan fingerprint density at radius 1 is 1.07 bits per heavy atom. The number of aryl methyl sites for hydroxylation is 3. The van der Waals surface area contributed by atoms with Gasteiger partial charge in [0.2, 0.25) is 0 Å². The van der Waals surface area contributed by atoms with Gasteiger partial charge in [-0.1, -0.05) is 53.0 Å². The Morgan fingerprint density at radius 2 is 1.67 bits per heavy atom. The number of aliphatic hydroxyl groups excluding tert-OH is 1. The van der Waals surface area contributed by atoms with Crippen molar-refractivity contribution in [3.05, 3.63) is 68.8 Å². The number of fused-ring (bicyclic) bond motifs is 1. The summed E-state index contributed by atoms with van der Waals surface area (Å²) >= 11 is 12.6. The smallest absolute Gasteiger partial charge is 0.268 e. The fourth-order valence-electron chi connectivity index (χ4n) is 2.95. The summed E-state index contributed by atoms with van der Waals surface area (Å²) in [5, 5.41) is 11.8. The number of aromatic nitrogens is 1. The Balaban J connectivity index is 0.00000126. The van der Waals surface area contributed by atoms with Crippen LogP contribution in [0.5, 0.6) is 0 Å². The molecule has 2 aromatic carbocycles. The van der Waals surface area contributed by atoms with E-state index in [-0.39, 0.29) is 11.9 Å². The van der Waals surface area contributed by atoms with Gasteiger partial charge in [-0.25, -0.2) is 0 Å². The lowest BCUT2D eigenvalue weighted by atomic mass is 10.1. The fraction of sp³-hybridized carbons (Fsp3) is 0.286. The molecule has 0 bridgehead atoms. The van der Waals surface area contributed by atoms with Crippen LogP contribution in [-0.2, 0) is 7.05 Å². The fourth-order valence-corrected chi connectivity index (χ4v) is 3.41. The van der Waals surface area contributed by atoms with Crippen molar-refractivity contribution in [1.29, 1.82) is 0 Å². The molecule has 0 radical (unpaired) electrons. The van der Waals surface area contributed by atoms with Crippen molar-refractivity contribution < 1.29 is 9.90 Å². The van der Waals surface area contributed by atoms with Gasteiger partial charge in [0.05, 0.1) is 21.6 Å². The molecule has 0 fully saturated rings. The van der Waals surface area contributed by atoms with Crippen LogP contribution in [0.1, 0.15) is 40.1 Å². The van der Waals surface area contributed by atoms with Gasteiger partial charge in [0.1, 0.15) is 5.69 Å². The van der Waals surface area contributed by atoms with Crippen LogP contribution in [0.25, 0.3) is 10.9 Å². The summed E-state index contributed by atoms with van der Waals surface area (Å²) in [7, 11) is 2.86. The average Bonchev–Trinajstić information content (AvgIpc) is 2.99. The highest BCUT2D eigenvalue weighted by Gasteiger charge is 2.19. The van der Waals surface area contributed by atoms with Gasteiger partial charge in [-0.05, 0) is 44.0 Å². The zero-order valence-corrected chi connectivity index (χ0v) is 17.6. The number of halogens is 2. The van der Waals surface area contributed by atoms with Crippen molar-refractivity contribution in [3.63, 3.8) is 0 Å². The molecule has 1 aromatic heterocycles. The minimum absolute atomic E-state index is 0.0908. The number of carbonyl (C=O) groups is 1. The number of rotatable bonds is 3. The second-order valence-corrected chi connectivity index (χ2v) is 7.20. The maximum atomic E-state index is 12.8. The number of hydrogen-bond acceptors (Lipinski definition) is 2. The van der Waals surface area contributed by atoms with Gasteiger partial charge < -0.3 is 15.0 Å². The van der Waals surface area contributed by atoms with E-state index in [2.05, 4.69) is 5.32 Å². The number of nitrogens with one attached hydrogen (secondary N) is 1. The van der Waals surface area contributed by atoms with Gasteiger partial charge in [-0.2, -0.15) is 0 Å². The Labute approximate surface area is 169 Å². The molecule has 27 heavy (non-hydrogen) atoms. The molecule has 3 aromatic rings. The minimum Gasteiger partial charge on any atom is -0.400 e. The summed E-state index contributed by atoms with van der Waals surface area (Å²) in [4.78, 5) is 12.8. The summed E-state index contributed by atoms with van der Waals surface area (Å²) in [5.41, 5.74) is 4.59. The summed E-state index contributed by atoms with van der Waals surface area (Å²) in [6, 6.07) is 11.8. The molecular weight excluding hydrogens is 383 g/mol. The van der Waals surface area contributed by atoms with Crippen molar-refractivity contribution in [2.45, 2.75) is 26.8 Å². The van der Waals surface area contributed by atoms with Crippen LogP contribution in [0, 0.1) is 13.8 Å². The molecule has 1 heterocycles. The first-order chi connectivity index (χ1) is 12.8. The number of hydrogen-bond donors (Lipinski definition) is 2. The molecule has 144 valence electrons. The second kappa shape index (κ2) is 8.79. The lowest BCUT2D eigenvalue weighted by Gasteiger charge is -2.15. The zero-order valence-electron chi connectivity index (χ0n) is 16.1. The number of amides is 1. The van der Waals surface area contributed by atoms with Crippen molar-refractivity contribution in [1.82, 2.24) is 9.88 Å². The monoisotopic (exact) mass is 406 g/mol. The Kier molecular flexibility index (Phi) is 6.93. The van der Waals surface area contributed by atoms with E-state index < -0.39 is 0 Å². The Bertz CT molecular complexity index is 963. The predicted molar refractivity (Wildman–Crippen MR) is 113 cm³/mol. The first kappa shape index (κ1) is 21.3. The average molecular weight is 407 g/mol. The van der Waals surface area contributed by atoms with Gasteiger partial charge in [0.25, 0.3) is 5.91 Å². The quantitative estimate of drug-likeness (QED) is 0.627. The van der Waals surface area contributed by atoms with Gasteiger partial charge in [-0.3, -0.25) is 4.79 Å². The topological polar surface area (TPSA) is 54.3 Å². The number of carbonyl (C=O) groups excluding carboxylic acids is 1. The van der Waals surface area contributed by atoms with E-state index >= 15 is 0 Å². The molecule has 0 saturated heterocycles. The first-order valence-electron chi connectivity index (χ1n) is 8.55. The molecule has 3 rings (SSSR count). The lowest BCUT2D eigenvalue weighted by Crippen LogP contribution is -2.28. The van der Waals surface area contributed by atoms with E-state index in [1.54, 1.807) is 6.07 Å². The van der Waals surface area contributed by atoms with Crippen LogP contribution in [0.4, 0.5) is 0 Å². The van der Waals surface area contributed by atoms with E-state index in [1.807, 2.05) is 62.7 Å². The predicted octanol–water partition coefficient (Wildman–Crippen LogP) is 5.20. The third-order valence-electron chi connectivity index (χ3n) is 4.57. The van der Waals surface area contributed by atoms with Crippen molar-refractivity contribution in [3.8, 4) is 0 Å². The van der Waals surface area contributed by atoms with Gasteiger partial charge in [0, 0.05) is 19.5 Å². The van der Waals surface area contributed by atoms with Crippen molar-refractivity contribution in [2.75, 3.05) is 7.11 Å². The van der Waals surface area contributed by atoms with Crippen molar-refractivity contribution >= 4 is 40.0 Å². The van der Waals surface area contributed by atoms with Crippen LogP contribution in [0.3, 0.4) is 0 Å². The van der Waals surface area contributed by atoms with Gasteiger partial charge in [-0.15, -0.1) is 0 Å². The van der Waals surface area contributed by atoms with E-state index in [9.17, 15) is 4.79 Å². The summed E-state index contributed by atoms with van der Waals surface area (Å²) in [6.45, 7) is 5.92. The molecular formula is C21H24Cl2N2O2. The summed E-state index contributed by atoms with van der Waals surface area (Å²) in [6.07, 6.45) is 0. The normalized spacial score (nSPS) is 11.7. The van der Waals surface area contributed by atoms with Gasteiger partial charge in [0.15, 0.2) is 0 Å². The third-order valence-corrected chi connectivity index (χ3v) is 5.54. The molecule has 0 saturated carbocycles. The molecule has 0 unspecified atom stereocenters. The van der Waals surface area contributed by atoms with Crippen LogP contribution in [0.15, 0.2) is 36.4 Å². The molecule has 4 nitrogen and oxygen atoms in total. The third kappa shape index (κ3) is 4.29. The van der Waals surface area contributed by atoms with Crippen LogP contribution >= 0.6 is 23.2 Å². The van der Waals surface area contributed by atoms with Gasteiger partial charge >= 0.3 is 0 Å². The highest BCUT2D eigenvalue weighted by molar-refractivity contribution is 6.45. The maximum absolute atomic E-state index is 12.8. The van der Waals surface area contributed by atoms with Crippen molar-refractivity contribution in [2.24, 2.45) is 7.05 Å². The number of benzene rings is 2. The summed E-state index contributed by atoms with van der Waals surface area (Å²) < 4.78 is 1.85. The molecule has 1 amide bonds. The molecule has 6 heteroatoms. The maximum Gasteiger partial charge on any atom is 0.268 e. The highest BCUT2D eigenvalue weighted by atomic mass is 35.5. The molecule has 0 aliphatic carbocycles. The summed E-state index contributed by atoms with van der Waals surface area (Å²) in [5.74, 6) is -0.142. The zero-order chi connectivity index (χ0) is 20.3. The SMILES string of the molecule is CO.Cc1ccc([C@@H](C)NC(=O)c2cc3c(Cl)c(Cl)c(C)cc3n2C)cc1. The second-order valence-electron chi connectivity index (χ2n) is 6.45. The van der Waals surface area contributed by atoms with E-state index in [0.29, 0.717) is 15.7 Å². The molecule has 0 aliphatic heterocycles. The molecule has 0 spiro atoms. The molecule has 1 atom stereocenters. The molecule has 2 N–H and O–H groups in total. The number of aliphatic hydroxyl groups is 1. The Hall–Kier alpha value is -2.01. The van der Waals surface area contributed by atoms with E-state index in [0.717, 1.165) is 29.1 Å². The minimum atomic E-state index is -0.142. The first-order valence-corrected chi connectivity index (χ1v) is 9.31. The largest absolute Gasteiger partial charge is 0.400 e. The van der Waals surface area contributed by atoms with Crippen LogP contribution in [0.2, 0.25) is 10.0 Å². The Morgan fingerprint density at radius 3 is 2.26 bits per heavy atom. The molecule has 0 aliphatic rings. The van der Waals surface area contributed by atoms with E-state index in [1.165, 1.54) is 5.56 Å². The van der Waals surface area contributed by atoms with E-state index in [4.69, 9.17) is 28.3 Å². The van der Waals surface area contributed by atoms with Crippen LogP contribution in [-0.4, -0.2) is 22.7 Å². The number of nitrogens with zero attached hydrogens (tertiary/aromatic N) is 1.